The van der Waals surface area contributed by atoms with Crippen LogP contribution in [0.4, 0.5) is 0 Å². The fraction of sp³-hybridized carbons (Fsp3) is 0.333. The lowest BCUT2D eigenvalue weighted by atomic mass is 9.62. The number of hydrogen-bond acceptors (Lipinski definition) is 2. The van der Waals surface area contributed by atoms with E-state index in [1.165, 1.54) is 11.1 Å². The Labute approximate surface area is 137 Å². The van der Waals surface area contributed by atoms with Gasteiger partial charge in [-0.2, -0.15) is 10.2 Å². The first-order valence-electron chi connectivity index (χ1n) is 8.38. The summed E-state index contributed by atoms with van der Waals surface area (Å²) in [5.74, 6) is 0.884. The normalized spacial score (nSPS) is 38.3. The Bertz CT molecular complexity index is 754. The molecule has 2 bridgehead atoms. The Hall–Kier alpha value is -2.22. The molecule has 4 atom stereocenters. The van der Waals surface area contributed by atoms with Gasteiger partial charge in [0.2, 0.25) is 0 Å². The van der Waals surface area contributed by atoms with Crippen molar-refractivity contribution < 1.29 is 0 Å². The van der Waals surface area contributed by atoms with Crippen LogP contribution in [0, 0.1) is 17.3 Å². The molecular weight excluding hydrogens is 280 g/mol. The van der Waals surface area contributed by atoms with Gasteiger partial charge in [0.1, 0.15) is 11.1 Å². The van der Waals surface area contributed by atoms with Crippen LogP contribution in [0.15, 0.2) is 83.0 Å². The van der Waals surface area contributed by atoms with Crippen LogP contribution in [0.5, 0.6) is 0 Å². The molecule has 3 aliphatic rings. The SMILES string of the molecule is CC1(C)[C@]2(c3ccccc3)N=N[C@@]1(c1ccccc1)[C@H]1C=C[C@H]12. The summed E-state index contributed by atoms with van der Waals surface area (Å²) in [6.45, 7) is 4.71. The van der Waals surface area contributed by atoms with Gasteiger partial charge >= 0.3 is 0 Å². The van der Waals surface area contributed by atoms with Gasteiger partial charge in [-0.05, 0) is 11.1 Å². The second-order valence-corrected chi connectivity index (χ2v) is 7.53. The first-order valence-corrected chi connectivity index (χ1v) is 8.38. The Morgan fingerprint density at radius 3 is 1.39 bits per heavy atom. The molecule has 1 aliphatic heterocycles. The van der Waals surface area contributed by atoms with Crippen LogP contribution in [0.25, 0.3) is 0 Å². The third-order valence-electron chi connectivity index (χ3n) is 6.58. The summed E-state index contributed by atoms with van der Waals surface area (Å²) in [5.41, 5.74) is 2.03. The summed E-state index contributed by atoms with van der Waals surface area (Å²) in [5, 5.41) is 9.93. The van der Waals surface area contributed by atoms with Crippen LogP contribution in [-0.4, -0.2) is 0 Å². The van der Waals surface area contributed by atoms with Gasteiger partial charge in [0.05, 0.1) is 0 Å². The molecule has 114 valence electrons. The zero-order valence-electron chi connectivity index (χ0n) is 13.5. The van der Waals surface area contributed by atoms with Crippen molar-refractivity contribution in [2.45, 2.75) is 24.9 Å². The van der Waals surface area contributed by atoms with Crippen molar-refractivity contribution in [2.75, 3.05) is 0 Å². The standard InChI is InChI=1S/C21H20N2/c1-19(2)20(15-9-5-3-6-10-15)17-13-14-18(17)21(19,23-22-20)16-11-7-4-8-12-16/h3-14,17-18H,1-2H3/t17-,18+,20-,21+. The van der Waals surface area contributed by atoms with Gasteiger partial charge in [-0.1, -0.05) is 86.7 Å². The maximum atomic E-state index is 4.96. The van der Waals surface area contributed by atoms with E-state index in [1.54, 1.807) is 0 Å². The summed E-state index contributed by atoms with van der Waals surface area (Å²) in [4.78, 5) is 0. The molecule has 23 heavy (non-hydrogen) atoms. The molecule has 2 aliphatic carbocycles. The molecule has 1 fully saturated rings. The predicted octanol–water partition coefficient (Wildman–Crippen LogP) is 5.09. The first-order chi connectivity index (χ1) is 11.1. The molecule has 2 heteroatoms. The molecule has 1 heterocycles. The summed E-state index contributed by atoms with van der Waals surface area (Å²) in [6.07, 6.45) is 4.70. The fourth-order valence-corrected chi connectivity index (χ4v) is 5.40. The first kappa shape index (κ1) is 13.2. The topological polar surface area (TPSA) is 24.7 Å². The van der Waals surface area contributed by atoms with Gasteiger partial charge in [-0.15, -0.1) is 0 Å². The second-order valence-electron chi connectivity index (χ2n) is 7.53. The van der Waals surface area contributed by atoms with Gasteiger partial charge < -0.3 is 0 Å². The Balaban J connectivity index is 1.80. The van der Waals surface area contributed by atoms with E-state index in [2.05, 4.69) is 86.7 Å². The molecule has 0 radical (unpaired) electrons. The molecular formula is C21H20N2. The average Bonchev–Trinajstić information content (AvgIpc) is 2.84. The molecule has 0 amide bonds. The molecule has 0 N–H and O–H groups in total. The minimum Gasteiger partial charge on any atom is -0.180 e. The van der Waals surface area contributed by atoms with Gasteiger partial charge in [-0.25, -0.2) is 0 Å². The second kappa shape index (κ2) is 4.00. The van der Waals surface area contributed by atoms with Crippen molar-refractivity contribution in [3.05, 3.63) is 83.9 Å². The maximum absolute atomic E-state index is 4.96. The quantitative estimate of drug-likeness (QED) is 0.691. The van der Waals surface area contributed by atoms with Gasteiger partial charge in [0, 0.05) is 17.3 Å². The summed E-state index contributed by atoms with van der Waals surface area (Å²) in [6, 6.07) is 21.5. The number of nitrogens with zero attached hydrogens (tertiary/aromatic N) is 2. The van der Waals surface area contributed by atoms with Crippen LogP contribution in [-0.2, 0) is 11.1 Å². The third kappa shape index (κ3) is 1.21. The van der Waals surface area contributed by atoms with E-state index in [4.69, 9.17) is 10.2 Å². The predicted molar refractivity (Wildman–Crippen MR) is 91.0 cm³/mol. The summed E-state index contributed by atoms with van der Waals surface area (Å²) < 4.78 is 0. The third-order valence-corrected chi connectivity index (χ3v) is 6.58. The van der Waals surface area contributed by atoms with E-state index in [0.717, 1.165) is 0 Å². The number of fused-ring (bicyclic) bond motifs is 5. The molecule has 1 saturated carbocycles. The number of hydrogen-bond donors (Lipinski definition) is 0. The van der Waals surface area contributed by atoms with Gasteiger partial charge in [-0.3, -0.25) is 0 Å². The van der Waals surface area contributed by atoms with Crippen molar-refractivity contribution in [1.29, 1.82) is 0 Å². The minimum atomic E-state index is -0.247. The van der Waals surface area contributed by atoms with E-state index >= 15 is 0 Å². The van der Waals surface area contributed by atoms with E-state index in [0.29, 0.717) is 11.8 Å². The highest BCUT2D eigenvalue weighted by Gasteiger charge is 2.78. The largest absolute Gasteiger partial charge is 0.180 e. The molecule has 2 aromatic carbocycles. The smallest absolute Gasteiger partial charge is 0.121 e. The molecule has 0 saturated heterocycles. The van der Waals surface area contributed by atoms with Crippen molar-refractivity contribution in [1.82, 2.24) is 0 Å². The highest BCUT2D eigenvalue weighted by atomic mass is 15.3. The molecule has 2 aromatic rings. The van der Waals surface area contributed by atoms with E-state index in [1.807, 2.05) is 0 Å². The number of azo groups is 1. The summed E-state index contributed by atoms with van der Waals surface area (Å²) >= 11 is 0. The minimum absolute atomic E-state index is 0.0679. The summed E-state index contributed by atoms with van der Waals surface area (Å²) in [7, 11) is 0. The van der Waals surface area contributed by atoms with Crippen LogP contribution in [0.1, 0.15) is 25.0 Å². The van der Waals surface area contributed by atoms with E-state index < -0.39 is 0 Å². The lowest BCUT2D eigenvalue weighted by Crippen LogP contribution is -2.43. The van der Waals surface area contributed by atoms with E-state index in [-0.39, 0.29) is 16.5 Å². The van der Waals surface area contributed by atoms with Crippen molar-refractivity contribution in [3.63, 3.8) is 0 Å². The van der Waals surface area contributed by atoms with Crippen LogP contribution in [0.3, 0.4) is 0 Å². The van der Waals surface area contributed by atoms with Gasteiger partial charge in [0.25, 0.3) is 0 Å². The Kier molecular flexibility index (Phi) is 2.30. The van der Waals surface area contributed by atoms with E-state index in [9.17, 15) is 0 Å². The van der Waals surface area contributed by atoms with Crippen molar-refractivity contribution in [2.24, 2.45) is 27.5 Å². The number of rotatable bonds is 2. The highest BCUT2D eigenvalue weighted by Crippen LogP contribution is 2.76. The zero-order valence-corrected chi connectivity index (χ0v) is 13.5. The fourth-order valence-electron chi connectivity index (χ4n) is 5.40. The van der Waals surface area contributed by atoms with Crippen LogP contribution in [0.2, 0.25) is 0 Å². The maximum Gasteiger partial charge on any atom is 0.121 e. The molecule has 5 rings (SSSR count). The monoisotopic (exact) mass is 300 g/mol. The Morgan fingerprint density at radius 1 is 0.652 bits per heavy atom. The lowest BCUT2D eigenvalue weighted by Gasteiger charge is -2.40. The van der Waals surface area contributed by atoms with Crippen LogP contribution < -0.4 is 0 Å². The van der Waals surface area contributed by atoms with Gasteiger partial charge in [0.15, 0.2) is 0 Å². The van der Waals surface area contributed by atoms with Crippen molar-refractivity contribution >= 4 is 0 Å². The molecule has 2 nitrogen and oxygen atoms in total. The van der Waals surface area contributed by atoms with Crippen LogP contribution >= 0.6 is 0 Å². The van der Waals surface area contributed by atoms with Crippen molar-refractivity contribution in [3.8, 4) is 0 Å². The molecule has 0 unspecified atom stereocenters. The Morgan fingerprint density at radius 2 is 1.04 bits per heavy atom. The molecule has 0 spiro atoms. The average molecular weight is 300 g/mol. The highest BCUT2D eigenvalue weighted by molar-refractivity contribution is 5.50. The number of benzene rings is 2. The molecule has 0 aromatic heterocycles. The lowest BCUT2D eigenvalue weighted by molar-refractivity contribution is 0.160. The zero-order chi connectivity index (χ0) is 15.7.